The fourth-order valence-electron chi connectivity index (χ4n) is 6.52. The zero-order valence-electron chi connectivity index (χ0n) is 22.6. The molecule has 0 spiro atoms. The number of benzene rings is 1. The van der Waals surface area contributed by atoms with Crippen LogP contribution in [0.5, 0.6) is 0 Å². The van der Waals surface area contributed by atoms with Gasteiger partial charge in [-0.15, -0.1) is 0 Å². The predicted octanol–water partition coefficient (Wildman–Crippen LogP) is 4.34. The van der Waals surface area contributed by atoms with Gasteiger partial charge in [-0.05, 0) is 63.6 Å². The van der Waals surface area contributed by atoms with Crippen LogP contribution in [-0.2, 0) is 16.6 Å². The van der Waals surface area contributed by atoms with Gasteiger partial charge in [-0.1, -0.05) is 24.3 Å². The summed E-state index contributed by atoms with van der Waals surface area (Å²) in [6.07, 6.45) is 9.76. The van der Waals surface area contributed by atoms with E-state index in [-0.39, 0.29) is 29.1 Å². The highest BCUT2D eigenvalue weighted by atomic mass is 16.2. The number of pyridine rings is 1. The van der Waals surface area contributed by atoms with Crippen molar-refractivity contribution in [3.8, 4) is 17.3 Å². The number of aromatic nitrogens is 4. The van der Waals surface area contributed by atoms with Crippen molar-refractivity contribution < 1.29 is 9.59 Å². The number of aryl methyl sites for hydroxylation is 1. The average molecular weight is 534 g/mol. The van der Waals surface area contributed by atoms with Crippen molar-refractivity contribution in [1.29, 1.82) is 5.26 Å². The number of nitrogens with two attached hydrogens (primary N) is 1. The van der Waals surface area contributed by atoms with E-state index in [0.29, 0.717) is 11.4 Å². The summed E-state index contributed by atoms with van der Waals surface area (Å²) in [6.45, 7) is 3.61. The third kappa shape index (κ3) is 4.30. The van der Waals surface area contributed by atoms with Crippen LogP contribution in [0.2, 0.25) is 0 Å². The Hall–Kier alpha value is -4.58. The third-order valence-electron chi connectivity index (χ3n) is 8.67. The number of amides is 1. The number of nitrogen functional groups attached to an aromatic ring is 1. The van der Waals surface area contributed by atoms with Gasteiger partial charge in [0.25, 0.3) is 0 Å². The van der Waals surface area contributed by atoms with Gasteiger partial charge in [-0.3, -0.25) is 19.0 Å². The zero-order chi connectivity index (χ0) is 28.1. The molecule has 0 radical (unpaired) electrons. The molecule has 2 aliphatic carbocycles. The number of Topliss-reactive ketones (excluding diaryl/α,β-unsaturated/α-hetero) is 1. The average Bonchev–Trinajstić information content (AvgIpc) is 3.64. The van der Waals surface area contributed by atoms with E-state index in [1.54, 1.807) is 19.3 Å². The summed E-state index contributed by atoms with van der Waals surface area (Å²) in [7, 11) is 0. The fraction of sp³-hybridized carbons (Fsp3) is 0.355. The topological polar surface area (TPSA) is 139 Å². The fourth-order valence-corrected chi connectivity index (χ4v) is 6.52. The first kappa shape index (κ1) is 25.7. The standard InChI is InChI=1S/C31H31N7O2/c1-19-7-12-34-23(15-19)16-24(39)21-3-5-22(6-4-21)25-26-27(33)35-13-14-38(26)29(36-25)30-8-10-31(18-30,11-9-30)37-28(40)20(2)17-32/h3-7,12-15,20H,8-11,16,18H2,1-2H3,(H2,33,35)(H,37,40). The monoisotopic (exact) mass is 533 g/mol. The quantitative estimate of drug-likeness (QED) is 0.337. The molecule has 1 atom stereocenters. The molecule has 9 nitrogen and oxygen atoms in total. The maximum Gasteiger partial charge on any atom is 0.237 e. The molecular weight excluding hydrogens is 502 g/mol. The first-order valence-corrected chi connectivity index (χ1v) is 13.6. The summed E-state index contributed by atoms with van der Waals surface area (Å²) in [5.74, 6) is 0.407. The summed E-state index contributed by atoms with van der Waals surface area (Å²) >= 11 is 0. The molecule has 1 amide bonds. The van der Waals surface area contributed by atoms with Crippen LogP contribution in [0.15, 0.2) is 55.0 Å². The molecule has 0 saturated heterocycles. The van der Waals surface area contributed by atoms with E-state index in [0.717, 1.165) is 66.0 Å². The van der Waals surface area contributed by atoms with Crippen LogP contribution < -0.4 is 11.1 Å². The molecule has 3 heterocycles. The number of carbonyl (C=O) groups is 2. The van der Waals surface area contributed by atoms with Crippen molar-refractivity contribution in [3.63, 3.8) is 0 Å². The Kier molecular flexibility index (Phi) is 6.14. The van der Waals surface area contributed by atoms with Crippen LogP contribution in [0, 0.1) is 24.2 Å². The lowest BCUT2D eigenvalue weighted by Gasteiger charge is -2.28. The molecule has 4 aromatic rings. The number of carbonyl (C=O) groups excluding carboxylic acids is 2. The largest absolute Gasteiger partial charge is 0.382 e. The van der Waals surface area contributed by atoms with Gasteiger partial charge in [0.05, 0.1) is 12.5 Å². The number of fused-ring (bicyclic) bond motifs is 3. The highest BCUT2D eigenvalue weighted by molar-refractivity contribution is 5.98. The van der Waals surface area contributed by atoms with E-state index >= 15 is 0 Å². The van der Waals surface area contributed by atoms with Crippen LogP contribution in [-0.4, -0.2) is 36.6 Å². The summed E-state index contributed by atoms with van der Waals surface area (Å²) < 4.78 is 2.04. The lowest BCUT2D eigenvalue weighted by atomic mass is 9.83. The summed E-state index contributed by atoms with van der Waals surface area (Å²) in [4.78, 5) is 39.3. The van der Waals surface area contributed by atoms with Crippen molar-refractivity contribution in [2.45, 2.75) is 63.3 Å². The van der Waals surface area contributed by atoms with Gasteiger partial charge in [0, 0.05) is 46.4 Å². The number of hydrogen-bond acceptors (Lipinski definition) is 7. The molecular formula is C31H31N7O2. The first-order valence-electron chi connectivity index (χ1n) is 13.6. The van der Waals surface area contributed by atoms with E-state index in [9.17, 15) is 14.9 Å². The van der Waals surface area contributed by atoms with Crippen molar-refractivity contribution in [2.75, 3.05) is 5.73 Å². The van der Waals surface area contributed by atoms with Crippen molar-refractivity contribution in [2.24, 2.45) is 5.92 Å². The predicted molar refractivity (Wildman–Crippen MR) is 150 cm³/mol. The number of nitriles is 1. The molecule has 202 valence electrons. The van der Waals surface area contributed by atoms with E-state index < -0.39 is 5.92 Å². The van der Waals surface area contributed by atoms with Gasteiger partial charge >= 0.3 is 0 Å². The molecule has 2 fully saturated rings. The van der Waals surface area contributed by atoms with Crippen LogP contribution in [0.3, 0.4) is 0 Å². The molecule has 0 aliphatic heterocycles. The Morgan fingerprint density at radius 3 is 2.58 bits per heavy atom. The SMILES string of the molecule is Cc1ccnc(CC(=O)c2ccc(-c3nc(C45CCC(NC(=O)C(C)C#N)(CC4)C5)n4ccnc(N)c34)cc2)c1. The van der Waals surface area contributed by atoms with Crippen LogP contribution in [0.1, 0.15) is 66.5 Å². The summed E-state index contributed by atoms with van der Waals surface area (Å²) in [6, 6.07) is 13.3. The Balaban J connectivity index is 1.31. The lowest BCUT2D eigenvalue weighted by Crippen LogP contribution is -2.46. The Morgan fingerprint density at radius 1 is 1.12 bits per heavy atom. The number of nitrogens with zero attached hydrogens (tertiary/aromatic N) is 5. The molecule has 40 heavy (non-hydrogen) atoms. The Morgan fingerprint density at radius 2 is 1.88 bits per heavy atom. The molecule has 1 aromatic carbocycles. The minimum atomic E-state index is -0.683. The molecule has 1 unspecified atom stereocenters. The van der Waals surface area contributed by atoms with Gasteiger partial charge in [0.15, 0.2) is 5.78 Å². The maximum atomic E-state index is 12.9. The van der Waals surface area contributed by atoms with Crippen LogP contribution in [0.4, 0.5) is 5.82 Å². The van der Waals surface area contributed by atoms with Crippen molar-refractivity contribution in [1.82, 2.24) is 24.7 Å². The zero-order valence-corrected chi connectivity index (χ0v) is 22.6. The number of ketones is 1. The number of anilines is 1. The van der Waals surface area contributed by atoms with Gasteiger partial charge in [0.1, 0.15) is 28.8 Å². The second-order valence-corrected chi connectivity index (χ2v) is 11.4. The van der Waals surface area contributed by atoms with Crippen molar-refractivity contribution in [3.05, 3.63) is 77.6 Å². The molecule has 3 N–H and O–H groups in total. The van der Waals surface area contributed by atoms with Gasteiger partial charge in [0.2, 0.25) is 5.91 Å². The second-order valence-electron chi connectivity index (χ2n) is 11.4. The van der Waals surface area contributed by atoms with Crippen molar-refractivity contribution >= 4 is 23.0 Å². The van der Waals surface area contributed by atoms with E-state index in [2.05, 4.69) is 15.3 Å². The molecule has 2 aliphatic rings. The molecule has 3 aromatic heterocycles. The molecule has 6 rings (SSSR count). The smallest absolute Gasteiger partial charge is 0.237 e. The minimum Gasteiger partial charge on any atom is -0.382 e. The second kappa shape index (κ2) is 9.56. The summed E-state index contributed by atoms with van der Waals surface area (Å²) in [5.41, 5.74) is 10.6. The Labute approximate surface area is 232 Å². The van der Waals surface area contributed by atoms with Gasteiger partial charge in [-0.25, -0.2) is 9.97 Å². The van der Waals surface area contributed by atoms with Crippen LogP contribution >= 0.6 is 0 Å². The lowest BCUT2D eigenvalue weighted by molar-refractivity contribution is -0.124. The number of hydrogen-bond donors (Lipinski definition) is 2. The van der Waals surface area contributed by atoms with E-state index in [4.69, 9.17) is 10.7 Å². The summed E-state index contributed by atoms with van der Waals surface area (Å²) in [5, 5.41) is 12.4. The van der Waals surface area contributed by atoms with E-state index in [1.807, 2.05) is 60.0 Å². The number of nitrogens with one attached hydrogen (secondary N) is 1. The highest BCUT2D eigenvalue weighted by Gasteiger charge is 2.57. The number of imidazole rings is 1. The van der Waals surface area contributed by atoms with E-state index in [1.165, 1.54) is 0 Å². The minimum absolute atomic E-state index is 0.00104. The first-order chi connectivity index (χ1) is 19.2. The molecule has 9 heteroatoms. The number of rotatable bonds is 7. The van der Waals surface area contributed by atoms with Gasteiger partial charge in [-0.2, -0.15) is 5.26 Å². The molecule has 2 saturated carbocycles. The normalized spacial score (nSPS) is 22.2. The molecule has 2 bridgehead atoms. The maximum absolute atomic E-state index is 12.9. The third-order valence-corrected chi connectivity index (χ3v) is 8.67. The van der Waals surface area contributed by atoms with Crippen LogP contribution in [0.25, 0.3) is 16.8 Å². The van der Waals surface area contributed by atoms with Gasteiger partial charge < -0.3 is 11.1 Å². The Bertz CT molecular complexity index is 1670. The highest BCUT2D eigenvalue weighted by Crippen LogP contribution is 2.57.